The molecule has 4 aromatic carbocycles. The Morgan fingerprint density at radius 1 is 0.667 bits per heavy atom. The Balaban J connectivity index is 0.000000154. The molecule has 0 bridgehead atoms. The minimum absolute atomic E-state index is 0.159. The molecule has 2 aromatic heterocycles. The summed E-state index contributed by atoms with van der Waals surface area (Å²) in [5.41, 5.74) is 10.8. The van der Waals surface area contributed by atoms with Crippen LogP contribution in [0.2, 0.25) is 0 Å². The van der Waals surface area contributed by atoms with Gasteiger partial charge in [0.25, 0.3) is 11.8 Å². The first-order valence-corrected chi connectivity index (χ1v) is 19.5. The number of phenolic OH excluding ortho intramolecular Hbond substituents is 2. The fourth-order valence-electron chi connectivity index (χ4n) is 9.05. The maximum atomic E-state index is 13.2. The molecule has 2 fully saturated rings. The predicted octanol–water partition coefficient (Wildman–Crippen LogP) is 6.14. The van der Waals surface area contributed by atoms with Crippen molar-refractivity contribution in [2.75, 3.05) is 14.1 Å². The average molecular weight is 812 g/mol. The number of carbonyl (C=O) groups is 4. The summed E-state index contributed by atoms with van der Waals surface area (Å²) in [6.07, 6.45) is 6.41. The first kappa shape index (κ1) is 38.6. The van der Waals surface area contributed by atoms with Gasteiger partial charge in [0.15, 0.2) is 11.5 Å². The number of benzene rings is 4. The number of nitrogens with zero attached hydrogens (tertiary/aromatic N) is 4. The Bertz CT molecular complexity index is 2660. The fraction of sp³-hybridized carbons (Fsp3) is 0.261. The second kappa shape index (κ2) is 13.8. The summed E-state index contributed by atoms with van der Waals surface area (Å²) in [6.45, 7) is 0.564. The Kier molecular flexibility index (Phi) is 8.88. The lowest BCUT2D eigenvalue weighted by molar-refractivity contribution is -0.140. The molecule has 6 aromatic rings. The third-order valence-electron chi connectivity index (χ3n) is 12.4. The van der Waals surface area contributed by atoms with E-state index in [2.05, 4.69) is 9.97 Å². The van der Waals surface area contributed by atoms with Crippen LogP contribution in [0.25, 0.3) is 21.8 Å². The summed E-state index contributed by atoms with van der Waals surface area (Å²) in [6, 6.07) is 16.1. The van der Waals surface area contributed by atoms with Crippen LogP contribution in [0, 0.1) is 11.6 Å². The summed E-state index contributed by atoms with van der Waals surface area (Å²) >= 11 is 0. The first-order valence-electron chi connectivity index (χ1n) is 19.5. The molecule has 4 heterocycles. The van der Waals surface area contributed by atoms with Crippen LogP contribution >= 0.6 is 0 Å². The van der Waals surface area contributed by atoms with Gasteiger partial charge in [-0.3, -0.25) is 29.1 Å². The van der Waals surface area contributed by atoms with E-state index in [0.29, 0.717) is 83.6 Å². The van der Waals surface area contributed by atoms with Crippen LogP contribution in [0.1, 0.15) is 90.9 Å². The van der Waals surface area contributed by atoms with Crippen LogP contribution in [0.15, 0.2) is 73.1 Å². The molecule has 2 saturated carbocycles. The molecule has 14 heteroatoms. The molecule has 0 unspecified atom stereocenters. The molecule has 0 saturated heterocycles. The van der Waals surface area contributed by atoms with E-state index < -0.39 is 22.7 Å². The molecule has 4 aliphatic rings. The number of carboxylic acids is 1. The van der Waals surface area contributed by atoms with Crippen molar-refractivity contribution in [2.45, 2.75) is 62.4 Å². The minimum atomic E-state index is -1.06. The van der Waals surface area contributed by atoms with E-state index in [9.17, 15) is 43.3 Å². The normalized spacial score (nSPS) is 16.7. The lowest BCUT2D eigenvalue weighted by Gasteiger charge is -2.20. The summed E-state index contributed by atoms with van der Waals surface area (Å²) in [4.78, 5) is 61.7. The van der Waals surface area contributed by atoms with Gasteiger partial charge in [0, 0.05) is 50.4 Å². The highest BCUT2D eigenvalue weighted by Gasteiger charge is 2.56. The van der Waals surface area contributed by atoms with Gasteiger partial charge < -0.3 is 30.9 Å². The predicted molar refractivity (Wildman–Crippen MR) is 215 cm³/mol. The number of aliphatic carboxylic acids is 1. The van der Waals surface area contributed by atoms with Crippen LogP contribution in [0.4, 0.5) is 8.78 Å². The Labute approximate surface area is 341 Å². The third kappa shape index (κ3) is 6.08. The Morgan fingerprint density at radius 2 is 1.05 bits per heavy atom. The van der Waals surface area contributed by atoms with Crippen molar-refractivity contribution >= 4 is 45.5 Å². The quantitative estimate of drug-likeness (QED) is 0.140. The van der Waals surface area contributed by atoms with Gasteiger partial charge in [0.05, 0.1) is 22.0 Å². The van der Waals surface area contributed by atoms with Gasteiger partial charge in [-0.15, -0.1) is 0 Å². The van der Waals surface area contributed by atoms with Crippen molar-refractivity contribution < 1.29 is 43.3 Å². The number of rotatable bonds is 8. The van der Waals surface area contributed by atoms with Crippen LogP contribution in [0.3, 0.4) is 0 Å². The van der Waals surface area contributed by atoms with Crippen LogP contribution in [-0.4, -0.2) is 72.9 Å². The highest BCUT2D eigenvalue weighted by molar-refractivity contribution is 6.11. The van der Waals surface area contributed by atoms with Crippen molar-refractivity contribution in [1.29, 1.82) is 0 Å². The van der Waals surface area contributed by atoms with E-state index in [0.717, 1.165) is 22.3 Å². The number of phenols is 2. The second-order valence-corrected chi connectivity index (χ2v) is 16.4. The zero-order chi connectivity index (χ0) is 42.4. The lowest BCUT2D eigenvalue weighted by atomic mass is 9.84. The zero-order valence-corrected chi connectivity index (χ0v) is 32.7. The smallest absolute Gasteiger partial charge is 0.314 e. The molecule has 12 nitrogen and oxygen atoms in total. The van der Waals surface area contributed by atoms with E-state index in [4.69, 9.17) is 5.73 Å². The van der Waals surface area contributed by atoms with Crippen molar-refractivity contribution in [3.63, 3.8) is 0 Å². The highest BCUT2D eigenvalue weighted by atomic mass is 19.1. The van der Waals surface area contributed by atoms with E-state index in [1.807, 2.05) is 12.1 Å². The number of primary amides is 1. The molecule has 304 valence electrons. The molecular weight excluding hydrogens is 773 g/mol. The standard InChI is InChI=1S/C23H20FN3O3.C23H19FN2O4/c1-27-11-16-17(21(27)29)20(28)19-15(18(16)23(6-7-23)22(25)30)9-13(10-26-19)8-12-2-4-14(24)5-3-12;1-26-11-16-17(21(26)28)20(27)19-15(18(16)23(6-7-23)22(29)30)9-13(10-25-19)8-12-2-4-14(24)5-3-12/h2-5,9-10,28H,6-8,11H2,1H3,(H2,25,30);2-5,9-10,27H,6-8,11H2,1H3,(H,29,30). The third-order valence-corrected chi connectivity index (χ3v) is 12.4. The van der Waals surface area contributed by atoms with E-state index in [1.165, 1.54) is 34.1 Å². The monoisotopic (exact) mass is 811 g/mol. The van der Waals surface area contributed by atoms with E-state index in [-0.39, 0.29) is 58.1 Å². The summed E-state index contributed by atoms with van der Waals surface area (Å²) in [5.74, 6) is -2.95. The average Bonchev–Trinajstić information content (AvgIpc) is 4.14. The number of aromatic nitrogens is 2. The first-order chi connectivity index (χ1) is 28.6. The number of hydrogen-bond donors (Lipinski definition) is 4. The summed E-state index contributed by atoms with van der Waals surface area (Å²) in [7, 11) is 3.29. The van der Waals surface area contributed by atoms with Gasteiger partial charge >= 0.3 is 5.97 Å². The molecule has 3 amide bonds. The fourth-order valence-corrected chi connectivity index (χ4v) is 9.05. The number of hydrogen-bond acceptors (Lipinski definition) is 8. The molecule has 0 atom stereocenters. The number of pyridine rings is 2. The molecule has 0 spiro atoms. The number of carbonyl (C=O) groups excluding carboxylic acids is 3. The number of carboxylic acid groups (broad SMARTS) is 1. The second-order valence-electron chi connectivity index (χ2n) is 16.4. The highest BCUT2D eigenvalue weighted by Crippen LogP contribution is 2.56. The Hall–Kier alpha value is -6.96. The maximum Gasteiger partial charge on any atom is 0.314 e. The van der Waals surface area contributed by atoms with Crippen molar-refractivity contribution in [2.24, 2.45) is 5.73 Å². The molecule has 2 aliphatic carbocycles. The molecule has 60 heavy (non-hydrogen) atoms. The molecule has 10 rings (SSSR count). The van der Waals surface area contributed by atoms with Crippen LogP contribution in [0.5, 0.6) is 11.5 Å². The molecule has 2 aliphatic heterocycles. The number of halogens is 2. The van der Waals surface area contributed by atoms with E-state index in [1.54, 1.807) is 50.8 Å². The zero-order valence-electron chi connectivity index (χ0n) is 32.7. The number of aromatic hydroxyl groups is 2. The van der Waals surface area contributed by atoms with Gasteiger partial charge in [-0.1, -0.05) is 24.3 Å². The SMILES string of the molecule is CN1Cc2c(c(O)c3ncc(Cc4ccc(F)cc4)cc3c2C2(C(=O)O)CC2)C1=O.CN1Cc2c(c(O)c3ncc(Cc4ccc(F)cc4)cc3c2C2(C(N)=O)CC2)C1=O. The minimum Gasteiger partial charge on any atom is -0.505 e. The van der Waals surface area contributed by atoms with Crippen molar-refractivity contribution in [3.05, 3.63) is 140 Å². The maximum absolute atomic E-state index is 13.2. The topological polar surface area (TPSA) is 187 Å². The Morgan fingerprint density at radius 3 is 1.40 bits per heavy atom. The van der Waals surface area contributed by atoms with Crippen molar-refractivity contribution in [3.8, 4) is 11.5 Å². The van der Waals surface area contributed by atoms with Gasteiger partial charge in [-0.05, 0) is 119 Å². The van der Waals surface area contributed by atoms with Gasteiger partial charge in [0.2, 0.25) is 5.91 Å². The summed E-state index contributed by atoms with van der Waals surface area (Å²) < 4.78 is 26.4. The van der Waals surface area contributed by atoms with Crippen LogP contribution in [-0.2, 0) is 46.4 Å². The molecular formula is C46H39F2N5O7. The van der Waals surface area contributed by atoms with Crippen molar-refractivity contribution in [1.82, 2.24) is 19.8 Å². The molecule has 5 N–H and O–H groups in total. The summed E-state index contributed by atoms with van der Waals surface area (Å²) in [5, 5.41) is 32.8. The molecule has 0 radical (unpaired) electrons. The number of nitrogens with two attached hydrogens (primary N) is 1. The largest absolute Gasteiger partial charge is 0.505 e. The van der Waals surface area contributed by atoms with Gasteiger partial charge in [-0.2, -0.15) is 0 Å². The van der Waals surface area contributed by atoms with Crippen LogP contribution < -0.4 is 5.73 Å². The van der Waals surface area contributed by atoms with Gasteiger partial charge in [-0.25, -0.2) is 8.78 Å². The van der Waals surface area contributed by atoms with Gasteiger partial charge in [0.1, 0.15) is 22.7 Å². The number of amides is 3. The number of fused-ring (bicyclic) bond motifs is 4. The van der Waals surface area contributed by atoms with E-state index >= 15 is 0 Å². The lowest BCUT2D eigenvalue weighted by Crippen LogP contribution is -2.30.